The second kappa shape index (κ2) is 5.13. The fourth-order valence-electron chi connectivity index (χ4n) is 5.01. The normalized spacial score (nSPS) is 46.0. The molecule has 0 aromatic carbocycles. The molecule has 2 heteroatoms. The topological polar surface area (TPSA) is 23.5 Å². The van der Waals surface area contributed by atoms with Gasteiger partial charge in [0.15, 0.2) is 0 Å². The summed E-state index contributed by atoms with van der Waals surface area (Å²) in [4.78, 5) is 2.62. The molecule has 18 heavy (non-hydrogen) atoms. The Hall–Kier alpha value is -0.0800. The first kappa shape index (κ1) is 12.9. The number of hydrogen-bond acceptors (Lipinski definition) is 2. The highest BCUT2D eigenvalue weighted by Gasteiger charge is 2.47. The van der Waals surface area contributed by atoms with E-state index in [1.807, 2.05) is 0 Å². The highest BCUT2D eigenvalue weighted by Crippen LogP contribution is 2.46. The molecule has 0 aromatic rings. The van der Waals surface area contributed by atoms with Gasteiger partial charge in [0.1, 0.15) is 0 Å². The van der Waals surface area contributed by atoms with Gasteiger partial charge in [0.25, 0.3) is 0 Å². The minimum Gasteiger partial charge on any atom is -0.389 e. The van der Waals surface area contributed by atoms with E-state index >= 15 is 0 Å². The maximum atomic E-state index is 11.2. The van der Waals surface area contributed by atoms with Crippen LogP contribution < -0.4 is 0 Å². The van der Waals surface area contributed by atoms with E-state index in [4.69, 9.17) is 0 Å². The second-order valence-corrected chi connectivity index (χ2v) is 6.95. The summed E-state index contributed by atoms with van der Waals surface area (Å²) in [7, 11) is 0. The van der Waals surface area contributed by atoms with E-state index in [0.29, 0.717) is 12.0 Å². The molecule has 4 atom stereocenters. The van der Waals surface area contributed by atoms with Gasteiger partial charge >= 0.3 is 0 Å². The monoisotopic (exact) mass is 251 g/mol. The zero-order valence-corrected chi connectivity index (χ0v) is 11.9. The van der Waals surface area contributed by atoms with E-state index in [0.717, 1.165) is 25.3 Å². The van der Waals surface area contributed by atoms with Gasteiger partial charge in [-0.05, 0) is 50.5 Å². The molecule has 0 amide bonds. The molecule has 0 spiro atoms. The van der Waals surface area contributed by atoms with Crippen molar-refractivity contribution < 1.29 is 5.11 Å². The summed E-state index contributed by atoms with van der Waals surface area (Å²) in [6.07, 6.45) is 11.4. The molecule has 0 aromatic heterocycles. The van der Waals surface area contributed by atoms with Gasteiger partial charge in [-0.3, -0.25) is 0 Å². The molecule has 0 radical (unpaired) electrons. The molecule has 104 valence electrons. The first-order valence-electron chi connectivity index (χ1n) is 8.19. The minimum absolute atomic E-state index is 0.327. The largest absolute Gasteiger partial charge is 0.389 e. The van der Waals surface area contributed by atoms with Gasteiger partial charge in [-0.1, -0.05) is 32.6 Å². The van der Waals surface area contributed by atoms with Crippen molar-refractivity contribution in [2.45, 2.75) is 76.4 Å². The minimum atomic E-state index is -0.327. The Bertz CT molecular complexity index is 293. The molecule has 3 fully saturated rings. The van der Waals surface area contributed by atoms with Crippen molar-refractivity contribution in [1.29, 1.82) is 0 Å². The zero-order chi connectivity index (χ0) is 12.6. The zero-order valence-electron chi connectivity index (χ0n) is 11.9. The lowest BCUT2D eigenvalue weighted by atomic mass is 9.65. The quantitative estimate of drug-likeness (QED) is 0.814. The highest BCUT2D eigenvalue weighted by atomic mass is 16.3. The van der Waals surface area contributed by atoms with Crippen LogP contribution in [0.4, 0.5) is 0 Å². The third kappa shape index (κ3) is 2.22. The smallest absolute Gasteiger partial charge is 0.0705 e. The fraction of sp³-hybridized carbons (Fsp3) is 1.00. The van der Waals surface area contributed by atoms with Crippen molar-refractivity contribution in [1.82, 2.24) is 4.90 Å². The molecule has 4 unspecified atom stereocenters. The maximum absolute atomic E-state index is 11.2. The van der Waals surface area contributed by atoms with Crippen molar-refractivity contribution in [2.24, 2.45) is 11.8 Å². The number of fused-ring (bicyclic) bond motifs is 1. The summed E-state index contributed by atoms with van der Waals surface area (Å²) in [6, 6.07) is 0.697. The predicted octanol–water partition coefficient (Wildman–Crippen LogP) is 3.19. The first-order valence-corrected chi connectivity index (χ1v) is 8.19. The summed E-state index contributed by atoms with van der Waals surface area (Å²) < 4.78 is 0. The molecular formula is C16H29NO. The van der Waals surface area contributed by atoms with Crippen LogP contribution in [0.25, 0.3) is 0 Å². The predicted molar refractivity (Wildman–Crippen MR) is 74.5 cm³/mol. The number of rotatable bonds is 2. The summed E-state index contributed by atoms with van der Waals surface area (Å²) in [5.74, 6) is 1.38. The van der Waals surface area contributed by atoms with E-state index in [1.54, 1.807) is 0 Å². The molecule has 1 aliphatic carbocycles. The van der Waals surface area contributed by atoms with Crippen LogP contribution in [0.1, 0.15) is 64.7 Å². The van der Waals surface area contributed by atoms with Gasteiger partial charge in [-0.25, -0.2) is 0 Å². The van der Waals surface area contributed by atoms with Crippen LogP contribution in [-0.2, 0) is 0 Å². The van der Waals surface area contributed by atoms with Crippen LogP contribution in [-0.4, -0.2) is 34.7 Å². The van der Waals surface area contributed by atoms with Gasteiger partial charge in [-0.2, -0.15) is 0 Å². The average Bonchev–Trinajstić information content (AvgIpc) is 2.85. The van der Waals surface area contributed by atoms with Crippen molar-refractivity contribution in [3.05, 3.63) is 0 Å². The van der Waals surface area contributed by atoms with Gasteiger partial charge < -0.3 is 10.0 Å². The lowest BCUT2D eigenvalue weighted by molar-refractivity contribution is -0.106. The van der Waals surface area contributed by atoms with Crippen molar-refractivity contribution in [3.63, 3.8) is 0 Å². The molecule has 2 heterocycles. The average molecular weight is 251 g/mol. The van der Waals surface area contributed by atoms with Crippen LogP contribution in [0.2, 0.25) is 0 Å². The Kier molecular flexibility index (Phi) is 3.68. The highest BCUT2D eigenvalue weighted by molar-refractivity contribution is 5.00. The molecule has 2 aliphatic heterocycles. The van der Waals surface area contributed by atoms with E-state index < -0.39 is 0 Å². The SMILES string of the molecule is CCC1CCCCC1C1(O)CCN2CCCC2C1. The standard InChI is InChI=1S/C16H29NO/c1-2-13-6-3-4-8-15(13)16(18)9-11-17-10-5-7-14(17)12-16/h13-15,18H,2-12H2,1H3. The molecule has 3 rings (SSSR count). The summed E-state index contributed by atoms with van der Waals surface area (Å²) >= 11 is 0. The van der Waals surface area contributed by atoms with Crippen LogP contribution in [0.15, 0.2) is 0 Å². The van der Waals surface area contributed by atoms with Gasteiger partial charge in [0.2, 0.25) is 0 Å². The number of piperidine rings is 1. The molecular weight excluding hydrogens is 222 g/mol. The molecule has 0 bridgehead atoms. The second-order valence-electron chi connectivity index (χ2n) is 6.95. The van der Waals surface area contributed by atoms with Crippen molar-refractivity contribution >= 4 is 0 Å². The molecule has 1 saturated carbocycles. The molecule has 2 saturated heterocycles. The Balaban J connectivity index is 1.72. The maximum Gasteiger partial charge on any atom is 0.0705 e. The number of nitrogens with zero attached hydrogens (tertiary/aromatic N) is 1. The van der Waals surface area contributed by atoms with Gasteiger partial charge in [-0.15, -0.1) is 0 Å². The third-order valence-electron chi connectivity index (χ3n) is 6.04. The van der Waals surface area contributed by atoms with E-state index in [9.17, 15) is 5.11 Å². The Morgan fingerprint density at radius 3 is 2.78 bits per heavy atom. The lowest BCUT2D eigenvalue weighted by Crippen LogP contribution is -2.53. The van der Waals surface area contributed by atoms with E-state index in [-0.39, 0.29) is 5.60 Å². The molecule has 1 N–H and O–H groups in total. The first-order chi connectivity index (χ1) is 8.73. The van der Waals surface area contributed by atoms with Gasteiger partial charge in [0, 0.05) is 12.6 Å². The van der Waals surface area contributed by atoms with Crippen molar-refractivity contribution in [2.75, 3.05) is 13.1 Å². The fourth-order valence-corrected chi connectivity index (χ4v) is 5.01. The number of hydrogen-bond donors (Lipinski definition) is 1. The lowest BCUT2D eigenvalue weighted by Gasteiger charge is -2.49. The molecule has 3 aliphatic rings. The molecule has 2 nitrogen and oxygen atoms in total. The van der Waals surface area contributed by atoms with E-state index in [1.165, 1.54) is 51.5 Å². The Morgan fingerprint density at radius 1 is 1.11 bits per heavy atom. The van der Waals surface area contributed by atoms with Crippen LogP contribution in [0, 0.1) is 11.8 Å². The van der Waals surface area contributed by atoms with E-state index in [2.05, 4.69) is 11.8 Å². The summed E-state index contributed by atoms with van der Waals surface area (Å²) in [5, 5.41) is 11.2. The third-order valence-corrected chi connectivity index (χ3v) is 6.04. The van der Waals surface area contributed by atoms with Crippen LogP contribution in [0.3, 0.4) is 0 Å². The summed E-state index contributed by atoms with van der Waals surface area (Å²) in [6.45, 7) is 4.74. The number of aliphatic hydroxyl groups is 1. The van der Waals surface area contributed by atoms with Crippen LogP contribution in [0.5, 0.6) is 0 Å². The van der Waals surface area contributed by atoms with Gasteiger partial charge in [0.05, 0.1) is 5.60 Å². The van der Waals surface area contributed by atoms with Crippen LogP contribution >= 0.6 is 0 Å². The Morgan fingerprint density at radius 2 is 1.94 bits per heavy atom. The Labute approximate surface area is 112 Å². The van der Waals surface area contributed by atoms with Crippen molar-refractivity contribution in [3.8, 4) is 0 Å². The summed E-state index contributed by atoms with van der Waals surface area (Å²) in [5.41, 5.74) is -0.327.